The van der Waals surface area contributed by atoms with Crippen LogP contribution in [0, 0.1) is 23.2 Å². The van der Waals surface area contributed by atoms with Crippen LogP contribution >= 0.6 is 22.6 Å². The van der Waals surface area contributed by atoms with E-state index in [1.807, 2.05) is 60.7 Å². The average Bonchev–Trinajstić information content (AvgIpc) is 3.10. The molecule has 0 aliphatic heterocycles. The number of nitrogens with zero attached hydrogens (tertiary/aromatic N) is 4. The Balaban J connectivity index is 1.22. The second kappa shape index (κ2) is 12.3. The molecule has 47 heavy (non-hydrogen) atoms. The molecule has 0 saturated heterocycles. The third-order valence-electron chi connectivity index (χ3n) is 10.3. The summed E-state index contributed by atoms with van der Waals surface area (Å²) in [5.74, 6) is 3.51. The zero-order valence-corrected chi connectivity index (χ0v) is 28.6. The fourth-order valence-electron chi connectivity index (χ4n) is 8.40. The van der Waals surface area contributed by atoms with Crippen molar-refractivity contribution >= 4 is 33.4 Å². The molecule has 4 atom stereocenters. The standard InChI is InChI=1S/C42H35IN4/c1-27-20-28-21-35(43)25-42(23-27,24-28)34-17-14-29(15-18-34)37-12-5-6-13-38(37)41-46-39(30-8-3-2-4-9-30)45-40(47-41)32-16-19-36-31(22-32)10-7-11-33(36)26-44/h2-19,22,27-28,35H,20-21,23-25H2,1H3/t27-,28-,35+,42?/m0/s1. The number of fused-ring (bicyclic) bond motifs is 3. The fourth-order valence-corrected chi connectivity index (χ4v) is 9.96. The Labute approximate surface area is 290 Å². The van der Waals surface area contributed by atoms with E-state index >= 15 is 0 Å². The zero-order chi connectivity index (χ0) is 32.0. The summed E-state index contributed by atoms with van der Waals surface area (Å²) < 4.78 is 0.757. The van der Waals surface area contributed by atoms with Crippen molar-refractivity contribution in [1.29, 1.82) is 5.26 Å². The number of alkyl halides is 1. The largest absolute Gasteiger partial charge is 0.208 e. The van der Waals surface area contributed by atoms with Gasteiger partial charge in [-0.05, 0) is 89.0 Å². The molecule has 2 aliphatic rings. The second-order valence-corrected chi connectivity index (χ2v) is 15.3. The molecule has 0 spiro atoms. The van der Waals surface area contributed by atoms with Crippen molar-refractivity contribution in [3.8, 4) is 51.4 Å². The Morgan fingerprint density at radius 3 is 2.15 bits per heavy atom. The number of halogens is 1. The smallest absolute Gasteiger partial charge is 0.164 e. The number of aromatic nitrogens is 3. The lowest BCUT2D eigenvalue weighted by Crippen LogP contribution is -2.43. The SMILES string of the molecule is C[C@H]1C[C@H]2C[C@@H](I)CC(c3ccc(-c4ccccc4-c4nc(-c5ccccc5)nc(-c5ccc6c(C#N)cccc6c5)n4)cc3)(C1)C2. The van der Waals surface area contributed by atoms with Crippen LogP contribution in [0.15, 0.2) is 115 Å². The van der Waals surface area contributed by atoms with Crippen LogP contribution in [0.3, 0.4) is 0 Å². The predicted molar refractivity (Wildman–Crippen MR) is 199 cm³/mol. The third-order valence-corrected chi connectivity index (χ3v) is 11.2. The summed E-state index contributed by atoms with van der Waals surface area (Å²) >= 11 is 2.70. The molecule has 0 N–H and O–H groups in total. The molecule has 2 fully saturated rings. The molecule has 1 unspecified atom stereocenters. The van der Waals surface area contributed by atoms with E-state index in [0.29, 0.717) is 28.5 Å². The highest BCUT2D eigenvalue weighted by Gasteiger charge is 2.45. The Kier molecular flexibility index (Phi) is 7.85. The van der Waals surface area contributed by atoms with Gasteiger partial charge in [0.1, 0.15) is 0 Å². The van der Waals surface area contributed by atoms with Crippen LogP contribution in [0.4, 0.5) is 0 Å². The zero-order valence-electron chi connectivity index (χ0n) is 26.4. The molecule has 6 aromatic rings. The third kappa shape index (κ3) is 5.74. The minimum atomic E-state index is 0.298. The first-order valence-electron chi connectivity index (χ1n) is 16.6. The lowest BCUT2D eigenvalue weighted by Gasteiger charge is -2.50. The van der Waals surface area contributed by atoms with Gasteiger partial charge in [-0.3, -0.25) is 0 Å². The summed E-state index contributed by atoms with van der Waals surface area (Å²) in [4.78, 5) is 15.1. The molecule has 5 heteroatoms. The van der Waals surface area contributed by atoms with Crippen molar-refractivity contribution in [2.75, 3.05) is 0 Å². The van der Waals surface area contributed by atoms with Gasteiger partial charge in [-0.25, -0.2) is 15.0 Å². The van der Waals surface area contributed by atoms with Gasteiger partial charge < -0.3 is 0 Å². The van der Waals surface area contributed by atoms with Gasteiger partial charge in [-0.1, -0.05) is 133 Å². The number of hydrogen-bond donors (Lipinski definition) is 0. The number of rotatable bonds is 5. The van der Waals surface area contributed by atoms with Crippen molar-refractivity contribution in [2.45, 2.75) is 48.4 Å². The Morgan fingerprint density at radius 1 is 0.660 bits per heavy atom. The van der Waals surface area contributed by atoms with Gasteiger partial charge >= 0.3 is 0 Å². The molecular formula is C42H35IN4. The van der Waals surface area contributed by atoms with Gasteiger partial charge in [0, 0.05) is 20.6 Å². The number of benzene rings is 5. The lowest BCUT2D eigenvalue weighted by atomic mass is 9.56. The van der Waals surface area contributed by atoms with Crippen molar-refractivity contribution in [3.05, 3.63) is 126 Å². The van der Waals surface area contributed by atoms with E-state index in [-0.39, 0.29) is 0 Å². The maximum atomic E-state index is 9.62. The molecule has 2 saturated carbocycles. The maximum Gasteiger partial charge on any atom is 0.164 e. The van der Waals surface area contributed by atoms with Gasteiger partial charge in [0.15, 0.2) is 17.5 Å². The van der Waals surface area contributed by atoms with E-state index in [1.165, 1.54) is 43.2 Å². The van der Waals surface area contributed by atoms with Crippen molar-refractivity contribution in [3.63, 3.8) is 0 Å². The van der Waals surface area contributed by atoms with Gasteiger partial charge in [0.05, 0.1) is 11.6 Å². The van der Waals surface area contributed by atoms with Crippen LogP contribution in [0.25, 0.3) is 56.1 Å². The van der Waals surface area contributed by atoms with E-state index in [0.717, 1.165) is 48.8 Å². The monoisotopic (exact) mass is 722 g/mol. The number of hydrogen-bond acceptors (Lipinski definition) is 4. The summed E-state index contributed by atoms with van der Waals surface area (Å²) in [5.41, 5.74) is 7.53. The van der Waals surface area contributed by atoms with E-state index in [1.54, 1.807) is 0 Å². The summed E-state index contributed by atoms with van der Waals surface area (Å²) in [5, 5.41) is 11.5. The fraction of sp³-hybridized carbons (Fsp3) is 0.238. The van der Waals surface area contributed by atoms with Crippen molar-refractivity contribution in [1.82, 2.24) is 15.0 Å². The first kappa shape index (κ1) is 30.0. The second-order valence-electron chi connectivity index (χ2n) is 13.6. The van der Waals surface area contributed by atoms with Crippen LogP contribution in [-0.4, -0.2) is 18.9 Å². The molecule has 2 bridgehead atoms. The summed E-state index contributed by atoms with van der Waals surface area (Å²) in [6.07, 6.45) is 6.66. The Morgan fingerprint density at radius 2 is 1.36 bits per heavy atom. The maximum absolute atomic E-state index is 9.62. The van der Waals surface area contributed by atoms with Crippen LogP contribution in [0.2, 0.25) is 0 Å². The van der Waals surface area contributed by atoms with Crippen molar-refractivity contribution < 1.29 is 0 Å². The summed E-state index contributed by atoms with van der Waals surface area (Å²) in [6.45, 7) is 2.45. The molecule has 1 heterocycles. The molecule has 230 valence electrons. The Hall–Kier alpha value is -4.41. The van der Waals surface area contributed by atoms with Crippen LogP contribution in [0.5, 0.6) is 0 Å². The minimum Gasteiger partial charge on any atom is -0.208 e. The van der Waals surface area contributed by atoms with Gasteiger partial charge in [-0.2, -0.15) is 5.26 Å². The van der Waals surface area contributed by atoms with Crippen LogP contribution < -0.4 is 0 Å². The summed E-state index contributed by atoms with van der Waals surface area (Å²) in [7, 11) is 0. The predicted octanol–water partition coefficient (Wildman–Crippen LogP) is 10.8. The van der Waals surface area contributed by atoms with Gasteiger partial charge in [0.2, 0.25) is 0 Å². The van der Waals surface area contributed by atoms with E-state index < -0.39 is 0 Å². The molecule has 4 nitrogen and oxygen atoms in total. The van der Waals surface area contributed by atoms with E-state index in [4.69, 9.17) is 15.0 Å². The molecule has 5 aromatic carbocycles. The van der Waals surface area contributed by atoms with Crippen LogP contribution in [-0.2, 0) is 5.41 Å². The summed E-state index contributed by atoms with van der Waals surface area (Å²) in [6, 6.07) is 42.1. The quantitative estimate of drug-likeness (QED) is 0.131. The first-order chi connectivity index (χ1) is 23.0. The van der Waals surface area contributed by atoms with Crippen molar-refractivity contribution in [2.24, 2.45) is 11.8 Å². The van der Waals surface area contributed by atoms with E-state index in [9.17, 15) is 5.26 Å². The lowest BCUT2D eigenvalue weighted by molar-refractivity contribution is 0.117. The molecule has 1 aromatic heterocycles. The highest BCUT2D eigenvalue weighted by atomic mass is 127. The Bertz CT molecular complexity index is 2110. The van der Waals surface area contributed by atoms with Crippen LogP contribution in [0.1, 0.15) is 50.2 Å². The number of nitriles is 1. The minimum absolute atomic E-state index is 0.298. The van der Waals surface area contributed by atoms with Gasteiger partial charge in [-0.15, -0.1) is 0 Å². The van der Waals surface area contributed by atoms with Gasteiger partial charge in [0.25, 0.3) is 0 Å². The molecule has 2 aliphatic carbocycles. The first-order valence-corrected chi connectivity index (χ1v) is 17.8. The molecular weight excluding hydrogens is 687 g/mol. The average molecular weight is 723 g/mol. The highest BCUT2D eigenvalue weighted by Crippen LogP contribution is 2.54. The molecule has 8 rings (SSSR count). The molecule has 0 radical (unpaired) electrons. The highest BCUT2D eigenvalue weighted by molar-refractivity contribution is 14.1. The molecule has 0 amide bonds. The van der Waals surface area contributed by atoms with E-state index in [2.05, 4.69) is 90.2 Å². The topological polar surface area (TPSA) is 62.5 Å². The normalized spacial score (nSPS) is 22.1.